The van der Waals surface area contributed by atoms with E-state index in [1.807, 2.05) is 5.32 Å². The number of hydrogen-bond acceptors (Lipinski definition) is 3. The Kier molecular flexibility index (Phi) is 4.13. The van der Waals surface area contributed by atoms with Gasteiger partial charge in [0.1, 0.15) is 5.75 Å². The largest absolute Gasteiger partial charge is 0.573 e. The summed E-state index contributed by atoms with van der Waals surface area (Å²) in [5.74, 6) is -3.35. The van der Waals surface area contributed by atoms with Crippen LogP contribution in [0.25, 0.3) is 0 Å². The lowest BCUT2D eigenvalue weighted by molar-refractivity contribution is -0.274. The predicted molar refractivity (Wildman–Crippen MR) is 52.6 cm³/mol. The first kappa shape index (κ1) is 13.8. The van der Waals surface area contributed by atoms with Gasteiger partial charge in [-0.1, -0.05) is 12.1 Å². The molecule has 0 aliphatic rings. The van der Waals surface area contributed by atoms with Gasteiger partial charge in [-0.05, 0) is 17.7 Å². The summed E-state index contributed by atoms with van der Waals surface area (Å²) < 4.78 is 39.4. The molecule has 1 amide bonds. The zero-order valence-corrected chi connectivity index (χ0v) is 8.82. The number of carbonyl (C=O) groups is 2. The quantitative estimate of drug-likeness (QED) is 0.805. The number of rotatable bonds is 3. The second kappa shape index (κ2) is 5.39. The molecule has 0 saturated carbocycles. The van der Waals surface area contributed by atoms with E-state index in [4.69, 9.17) is 5.11 Å². The summed E-state index contributed by atoms with van der Waals surface area (Å²) in [5.41, 5.74) is 0.284. The average Bonchev–Trinajstić information content (AvgIpc) is 2.23. The molecule has 0 aliphatic carbocycles. The molecule has 0 saturated heterocycles. The van der Waals surface area contributed by atoms with Gasteiger partial charge in [-0.25, -0.2) is 4.79 Å². The maximum Gasteiger partial charge on any atom is 0.573 e. The van der Waals surface area contributed by atoms with E-state index >= 15 is 0 Å². The molecule has 0 fully saturated rings. The van der Waals surface area contributed by atoms with Crippen LogP contribution in [-0.2, 0) is 16.1 Å². The van der Waals surface area contributed by atoms with Crippen molar-refractivity contribution in [3.63, 3.8) is 0 Å². The molecule has 8 heteroatoms. The Morgan fingerprint density at radius 2 is 2.00 bits per heavy atom. The standard InChI is InChI=1S/C10H8F3NO4/c11-10(12,13)18-7-3-1-2-6(4-7)5-14-8(15)9(16)17/h1-4H,5H2,(H,14,15)(H,16,17). The SMILES string of the molecule is O=C(O)C(=O)NCc1cccc(OC(F)(F)F)c1. The zero-order chi connectivity index (χ0) is 13.8. The van der Waals surface area contributed by atoms with Gasteiger partial charge in [0.15, 0.2) is 0 Å². The van der Waals surface area contributed by atoms with Crippen LogP contribution in [0.2, 0.25) is 0 Å². The normalized spacial score (nSPS) is 10.8. The van der Waals surface area contributed by atoms with Gasteiger partial charge in [-0.3, -0.25) is 4.79 Å². The summed E-state index contributed by atoms with van der Waals surface area (Å²) in [6, 6.07) is 4.86. The highest BCUT2D eigenvalue weighted by molar-refractivity contribution is 6.31. The minimum absolute atomic E-state index is 0.208. The van der Waals surface area contributed by atoms with Crippen LogP contribution >= 0.6 is 0 Å². The number of nitrogens with one attached hydrogen (secondary N) is 1. The number of halogens is 3. The van der Waals surface area contributed by atoms with E-state index in [0.29, 0.717) is 0 Å². The number of hydrogen-bond donors (Lipinski definition) is 2. The van der Waals surface area contributed by atoms with Crippen molar-refractivity contribution in [1.29, 1.82) is 0 Å². The lowest BCUT2D eigenvalue weighted by atomic mass is 10.2. The Hall–Kier alpha value is -2.25. The van der Waals surface area contributed by atoms with E-state index in [1.54, 1.807) is 0 Å². The van der Waals surface area contributed by atoms with Crippen LogP contribution in [0.15, 0.2) is 24.3 Å². The highest BCUT2D eigenvalue weighted by Gasteiger charge is 2.31. The second-order valence-corrected chi connectivity index (χ2v) is 3.18. The average molecular weight is 263 g/mol. The zero-order valence-electron chi connectivity index (χ0n) is 8.82. The topological polar surface area (TPSA) is 75.6 Å². The van der Waals surface area contributed by atoms with Gasteiger partial charge in [-0.15, -0.1) is 13.2 Å². The molecule has 0 atom stereocenters. The maximum atomic E-state index is 11.9. The van der Waals surface area contributed by atoms with Gasteiger partial charge in [0.2, 0.25) is 0 Å². The Morgan fingerprint density at radius 3 is 2.56 bits per heavy atom. The Balaban J connectivity index is 2.65. The lowest BCUT2D eigenvalue weighted by Gasteiger charge is -2.10. The van der Waals surface area contributed by atoms with Crippen LogP contribution in [0, 0.1) is 0 Å². The van der Waals surface area contributed by atoms with Crippen LogP contribution in [0.1, 0.15) is 5.56 Å². The molecule has 5 nitrogen and oxygen atoms in total. The van der Waals surface area contributed by atoms with Crippen molar-refractivity contribution in [3.8, 4) is 5.75 Å². The third kappa shape index (κ3) is 4.73. The van der Waals surface area contributed by atoms with E-state index in [0.717, 1.165) is 12.1 Å². The molecule has 0 aromatic heterocycles. The number of amides is 1. The monoisotopic (exact) mass is 263 g/mol. The van der Waals surface area contributed by atoms with Gasteiger partial charge in [0.25, 0.3) is 0 Å². The minimum atomic E-state index is -4.80. The number of carboxylic acids is 1. The summed E-state index contributed by atoms with van der Waals surface area (Å²) in [7, 11) is 0. The molecular formula is C10H8F3NO4. The van der Waals surface area contributed by atoms with E-state index in [2.05, 4.69) is 4.74 Å². The van der Waals surface area contributed by atoms with Crippen molar-refractivity contribution in [3.05, 3.63) is 29.8 Å². The van der Waals surface area contributed by atoms with E-state index in [-0.39, 0.29) is 12.1 Å². The smallest absolute Gasteiger partial charge is 0.474 e. The van der Waals surface area contributed by atoms with Crippen molar-refractivity contribution >= 4 is 11.9 Å². The van der Waals surface area contributed by atoms with E-state index < -0.39 is 24.0 Å². The highest BCUT2D eigenvalue weighted by atomic mass is 19.4. The summed E-state index contributed by atoms with van der Waals surface area (Å²) in [4.78, 5) is 20.9. The summed E-state index contributed by atoms with van der Waals surface area (Å²) >= 11 is 0. The summed E-state index contributed by atoms with van der Waals surface area (Å²) in [6.45, 7) is -0.208. The fraction of sp³-hybridized carbons (Fsp3) is 0.200. The molecule has 0 bridgehead atoms. The number of carbonyl (C=O) groups excluding carboxylic acids is 1. The molecule has 0 unspecified atom stereocenters. The van der Waals surface area contributed by atoms with E-state index in [9.17, 15) is 22.8 Å². The molecular weight excluding hydrogens is 255 g/mol. The molecule has 18 heavy (non-hydrogen) atoms. The highest BCUT2D eigenvalue weighted by Crippen LogP contribution is 2.23. The Bertz CT molecular complexity index is 459. The molecule has 1 rings (SSSR count). The number of alkyl halides is 3. The fourth-order valence-corrected chi connectivity index (χ4v) is 1.11. The van der Waals surface area contributed by atoms with Crippen LogP contribution in [0.5, 0.6) is 5.75 Å². The van der Waals surface area contributed by atoms with Crippen LogP contribution in [0.4, 0.5) is 13.2 Å². The first-order valence-corrected chi connectivity index (χ1v) is 4.64. The summed E-state index contributed by atoms with van der Waals surface area (Å²) in [5, 5.41) is 10.3. The molecule has 0 radical (unpaired) electrons. The summed E-state index contributed by atoms with van der Waals surface area (Å²) in [6.07, 6.45) is -4.80. The Morgan fingerprint density at radius 1 is 1.33 bits per heavy atom. The van der Waals surface area contributed by atoms with Crippen molar-refractivity contribution in [2.45, 2.75) is 12.9 Å². The van der Waals surface area contributed by atoms with Gasteiger partial charge in [0.05, 0.1) is 0 Å². The molecule has 1 aromatic carbocycles. The van der Waals surface area contributed by atoms with Crippen molar-refractivity contribution < 1.29 is 32.6 Å². The first-order valence-electron chi connectivity index (χ1n) is 4.64. The van der Waals surface area contributed by atoms with Crippen LogP contribution < -0.4 is 10.1 Å². The van der Waals surface area contributed by atoms with Gasteiger partial charge < -0.3 is 15.2 Å². The molecule has 0 spiro atoms. The number of benzene rings is 1. The molecule has 2 N–H and O–H groups in total. The predicted octanol–water partition coefficient (Wildman–Crippen LogP) is 1.29. The van der Waals surface area contributed by atoms with Crippen LogP contribution in [0.3, 0.4) is 0 Å². The molecule has 0 aliphatic heterocycles. The number of ether oxygens (including phenoxy) is 1. The Labute approximate surface area is 99.2 Å². The molecule has 98 valence electrons. The fourth-order valence-electron chi connectivity index (χ4n) is 1.11. The van der Waals surface area contributed by atoms with Gasteiger partial charge in [-0.2, -0.15) is 0 Å². The van der Waals surface area contributed by atoms with Gasteiger partial charge >= 0.3 is 18.2 Å². The van der Waals surface area contributed by atoms with Crippen molar-refractivity contribution in [1.82, 2.24) is 5.32 Å². The maximum absolute atomic E-state index is 11.9. The van der Waals surface area contributed by atoms with E-state index in [1.165, 1.54) is 12.1 Å². The number of aliphatic carboxylic acids is 1. The lowest BCUT2D eigenvalue weighted by Crippen LogP contribution is -2.30. The molecule has 1 aromatic rings. The first-order chi connectivity index (χ1) is 8.28. The third-order valence-corrected chi connectivity index (χ3v) is 1.78. The van der Waals surface area contributed by atoms with Crippen molar-refractivity contribution in [2.24, 2.45) is 0 Å². The number of carboxylic acid groups (broad SMARTS) is 1. The minimum Gasteiger partial charge on any atom is -0.474 e. The van der Waals surface area contributed by atoms with Crippen molar-refractivity contribution in [2.75, 3.05) is 0 Å². The third-order valence-electron chi connectivity index (χ3n) is 1.78. The van der Waals surface area contributed by atoms with Gasteiger partial charge in [0, 0.05) is 6.54 Å². The van der Waals surface area contributed by atoms with Crippen LogP contribution in [-0.4, -0.2) is 23.3 Å². The molecule has 0 heterocycles. The second-order valence-electron chi connectivity index (χ2n) is 3.18.